The quantitative estimate of drug-likeness (QED) is 0.816. The van der Waals surface area contributed by atoms with E-state index >= 15 is 0 Å². The fourth-order valence-corrected chi connectivity index (χ4v) is 1.33. The van der Waals surface area contributed by atoms with Crippen LogP contribution in [0.4, 0.5) is 13.2 Å². The number of rotatable bonds is 3. The molecule has 3 nitrogen and oxygen atoms in total. The maximum absolute atomic E-state index is 12.5. The van der Waals surface area contributed by atoms with Crippen LogP contribution in [-0.4, -0.2) is 22.5 Å². The van der Waals surface area contributed by atoms with Gasteiger partial charge >= 0.3 is 6.18 Å². The molecule has 0 bridgehead atoms. The van der Waals surface area contributed by atoms with Crippen LogP contribution < -0.4 is 5.73 Å². The molecule has 1 unspecified atom stereocenters. The van der Waals surface area contributed by atoms with Gasteiger partial charge in [0, 0.05) is 19.3 Å². The van der Waals surface area contributed by atoms with Gasteiger partial charge in [0.15, 0.2) is 0 Å². The second-order valence-electron chi connectivity index (χ2n) is 2.90. The van der Waals surface area contributed by atoms with E-state index in [1.54, 1.807) is 6.92 Å². The third-order valence-corrected chi connectivity index (χ3v) is 2.04. The summed E-state index contributed by atoms with van der Waals surface area (Å²) in [6, 6.07) is 1.36. The Labute approximate surface area is 79.7 Å². The molecule has 2 N–H and O–H groups in total. The number of nitrogens with zero attached hydrogens (tertiary/aromatic N) is 2. The summed E-state index contributed by atoms with van der Waals surface area (Å²) in [4.78, 5) is 0. The van der Waals surface area contributed by atoms with Crippen molar-refractivity contribution in [3.05, 3.63) is 18.0 Å². The zero-order chi connectivity index (χ0) is 10.8. The molecule has 0 fully saturated rings. The van der Waals surface area contributed by atoms with Gasteiger partial charge in [-0.15, -0.1) is 0 Å². The Morgan fingerprint density at radius 3 is 2.64 bits per heavy atom. The van der Waals surface area contributed by atoms with Gasteiger partial charge in [-0.25, -0.2) is 0 Å². The van der Waals surface area contributed by atoms with Crippen LogP contribution in [0.25, 0.3) is 0 Å². The first-order chi connectivity index (χ1) is 6.50. The van der Waals surface area contributed by atoms with Crippen LogP contribution >= 0.6 is 0 Å². The molecule has 80 valence electrons. The highest BCUT2D eigenvalue weighted by molar-refractivity contribution is 5.11. The van der Waals surface area contributed by atoms with E-state index in [-0.39, 0.29) is 5.69 Å². The Balaban J connectivity index is 3.01. The van der Waals surface area contributed by atoms with Gasteiger partial charge in [0.05, 0.1) is 5.69 Å². The summed E-state index contributed by atoms with van der Waals surface area (Å²) in [7, 11) is 0. The molecule has 1 atom stereocenters. The van der Waals surface area contributed by atoms with Crippen molar-refractivity contribution in [2.45, 2.75) is 25.6 Å². The van der Waals surface area contributed by atoms with Crippen LogP contribution in [0.1, 0.15) is 18.5 Å². The predicted octanol–water partition coefficient (Wildman–Crippen LogP) is 1.51. The van der Waals surface area contributed by atoms with E-state index in [4.69, 9.17) is 5.73 Å². The number of nitrogens with two attached hydrogens (primary N) is 1. The van der Waals surface area contributed by atoms with Crippen LogP contribution in [0.3, 0.4) is 0 Å². The Bertz CT molecular complexity index is 292. The molecule has 0 spiro atoms. The molecule has 1 aromatic heterocycles. The van der Waals surface area contributed by atoms with E-state index in [1.807, 2.05) is 0 Å². The van der Waals surface area contributed by atoms with Crippen molar-refractivity contribution in [1.29, 1.82) is 0 Å². The first kappa shape index (κ1) is 11.0. The van der Waals surface area contributed by atoms with Gasteiger partial charge in [0.25, 0.3) is 0 Å². The van der Waals surface area contributed by atoms with Crippen molar-refractivity contribution in [2.75, 3.05) is 6.54 Å². The molecule has 0 saturated heterocycles. The number of aromatic nitrogens is 2. The largest absolute Gasteiger partial charge is 0.398 e. The SMILES string of the molecule is CCn1nccc1C(CN)C(F)(F)F. The molecule has 1 rings (SSSR count). The zero-order valence-electron chi connectivity index (χ0n) is 7.75. The molecule has 1 heterocycles. The predicted molar refractivity (Wildman–Crippen MR) is 45.8 cm³/mol. The Morgan fingerprint density at radius 2 is 2.21 bits per heavy atom. The minimum atomic E-state index is -4.30. The fraction of sp³-hybridized carbons (Fsp3) is 0.625. The molecule has 0 saturated carbocycles. The van der Waals surface area contributed by atoms with Crippen molar-refractivity contribution >= 4 is 0 Å². The highest BCUT2D eigenvalue weighted by Crippen LogP contribution is 2.33. The molecule has 14 heavy (non-hydrogen) atoms. The summed E-state index contributed by atoms with van der Waals surface area (Å²) in [6.45, 7) is 1.70. The number of alkyl halides is 3. The lowest BCUT2D eigenvalue weighted by atomic mass is 10.1. The maximum atomic E-state index is 12.5. The highest BCUT2D eigenvalue weighted by Gasteiger charge is 2.41. The fourth-order valence-electron chi connectivity index (χ4n) is 1.33. The molecular weight excluding hydrogens is 195 g/mol. The summed E-state index contributed by atoms with van der Waals surface area (Å²) in [5.74, 6) is -1.62. The second-order valence-corrected chi connectivity index (χ2v) is 2.90. The smallest absolute Gasteiger partial charge is 0.329 e. The van der Waals surface area contributed by atoms with Gasteiger partial charge in [-0.05, 0) is 13.0 Å². The molecule has 1 aromatic rings. The zero-order valence-corrected chi connectivity index (χ0v) is 7.75. The summed E-state index contributed by atoms with van der Waals surface area (Å²) in [5.41, 5.74) is 5.24. The lowest BCUT2D eigenvalue weighted by molar-refractivity contribution is -0.149. The monoisotopic (exact) mass is 207 g/mol. The average molecular weight is 207 g/mol. The van der Waals surface area contributed by atoms with Crippen LogP contribution in [0.5, 0.6) is 0 Å². The first-order valence-electron chi connectivity index (χ1n) is 4.29. The summed E-state index contributed by atoms with van der Waals surface area (Å²) >= 11 is 0. The van der Waals surface area contributed by atoms with Gasteiger partial charge in [-0.3, -0.25) is 4.68 Å². The van der Waals surface area contributed by atoms with Crippen LogP contribution in [-0.2, 0) is 6.54 Å². The number of aryl methyl sites for hydroxylation is 1. The van der Waals surface area contributed by atoms with Crippen molar-refractivity contribution in [3.8, 4) is 0 Å². The van der Waals surface area contributed by atoms with E-state index in [9.17, 15) is 13.2 Å². The van der Waals surface area contributed by atoms with Gasteiger partial charge < -0.3 is 5.73 Å². The molecule has 0 amide bonds. The normalized spacial score (nSPS) is 14.4. The number of hydrogen-bond acceptors (Lipinski definition) is 2. The first-order valence-corrected chi connectivity index (χ1v) is 4.29. The molecule has 0 aliphatic heterocycles. The number of hydrogen-bond donors (Lipinski definition) is 1. The van der Waals surface area contributed by atoms with Gasteiger partial charge in [-0.2, -0.15) is 18.3 Å². The standard InChI is InChI=1S/C8H12F3N3/c1-2-14-7(3-4-13-14)6(5-12)8(9,10)11/h3-4,6H,2,5,12H2,1H3. The molecule has 6 heteroatoms. The Kier molecular flexibility index (Phi) is 3.15. The van der Waals surface area contributed by atoms with E-state index in [2.05, 4.69) is 5.10 Å². The molecule has 0 aliphatic carbocycles. The van der Waals surface area contributed by atoms with Crippen molar-refractivity contribution in [2.24, 2.45) is 5.73 Å². The topological polar surface area (TPSA) is 43.8 Å². The Morgan fingerprint density at radius 1 is 1.57 bits per heavy atom. The second kappa shape index (κ2) is 4.00. The van der Waals surface area contributed by atoms with E-state index in [0.717, 1.165) is 0 Å². The number of halogens is 3. The summed E-state index contributed by atoms with van der Waals surface area (Å²) in [5, 5.41) is 3.78. The molecule has 0 aliphatic rings. The van der Waals surface area contributed by atoms with Crippen LogP contribution in [0.15, 0.2) is 12.3 Å². The van der Waals surface area contributed by atoms with Crippen molar-refractivity contribution < 1.29 is 13.2 Å². The van der Waals surface area contributed by atoms with Crippen molar-refractivity contribution in [1.82, 2.24) is 9.78 Å². The Hall–Kier alpha value is -1.04. The maximum Gasteiger partial charge on any atom is 0.398 e. The van der Waals surface area contributed by atoms with Crippen LogP contribution in [0.2, 0.25) is 0 Å². The summed E-state index contributed by atoms with van der Waals surface area (Å²) < 4.78 is 38.7. The van der Waals surface area contributed by atoms with E-state index in [1.165, 1.54) is 16.9 Å². The van der Waals surface area contributed by atoms with Crippen molar-refractivity contribution in [3.63, 3.8) is 0 Å². The van der Waals surface area contributed by atoms with Gasteiger partial charge in [0.2, 0.25) is 0 Å². The third kappa shape index (κ3) is 2.06. The molecule has 0 aromatic carbocycles. The van der Waals surface area contributed by atoms with E-state index < -0.39 is 18.6 Å². The third-order valence-electron chi connectivity index (χ3n) is 2.04. The van der Waals surface area contributed by atoms with E-state index in [0.29, 0.717) is 6.54 Å². The lowest BCUT2D eigenvalue weighted by Gasteiger charge is -2.19. The van der Waals surface area contributed by atoms with Gasteiger partial charge in [0.1, 0.15) is 5.92 Å². The minimum absolute atomic E-state index is 0.127. The average Bonchev–Trinajstić information content (AvgIpc) is 2.51. The summed E-state index contributed by atoms with van der Waals surface area (Å²) in [6.07, 6.45) is -2.95. The minimum Gasteiger partial charge on any atom is -0.329 e. The molecular formula is C8H12F3N3. The van der Waals surface area contributed by atoms with Gasteiger partial charge in [-0.1, -0.05) is 0 Å². The highest BCUT2D eigenvalue weighted by atomic mass is 19.4. The lowest BCUT2D eigenvalue weighted by Crippen LogP contribution is -2.30. The van der Waals surface area contributed by atoms with Crippen LogP contribution in [0, 0.1) is 0 Å². The molecule has 0 radical (unpaired) electrons.